The molecule has 0 bridgehead atoms. The van der Waals surface area contributed by atoms with E-state index in [0.29, 0.717) is 39.7 Å². The van der Waals surface area contributed by atoms with E-state index >= 15 is 0 Å². The highest BCUT2D eigenvalue weighted by Crippen LogP contribution is 2.40. The lowest BCUT2D eigenvalue weighted by Gasteiger charge is -2.16. The minimum absolute atomic E-state index is 0.167. The van der Waals surface area contributed by atoms with Gasteiger partial charge in [0.1, 0.15) is 0 Å². The molecule has 0 unspecified atom stereocenters. The average Bonchev–Trinajstić information content (AvgIpc) is 3.60. The Balaban J connectivity index is 2.12. The van der Waals surface area contributed by atoms with Gasteiger partial charge < -0.3 is 29.0 Å². The minimum atomic E-state index is -0.472. The summed E-state index contributed by atoms with van der Waals surface area (Å²) in [6, 6.07) is 8.69. The number of carbonyl (C=O) groups is 2. The Morgan fingerprint density at radius 2 is 1.50 bits per heavy atom. The maximum absolute atomic E-state index is 13.1. The van der Waals surface area contributed by atoms with Crippen LogP contribution in [0, 0.1) is 0 Å². The fraction of sp³-hybridized carbons (Fsp3) is 0.333. The zero-order valence-corrected chi connectivity index (χ0v) is 18.8. The van der Waals surface area contributed by atoms with Crippen molar-refractivity contribution in [2.45, 2.75) is 25.8 Å². The molecule has 170 valence electrons. The monoisotopic (exact) mass is 441 g/mol. The van der Waals surface area contributed by atoms with Crippen molar-refractivity contribution in [2.75, 3.05) is 28.4 Å². The molecule has 0 aromatic heterocycles. The molecule has 0 heterocycles. The zero-order valence-electron chi connectivity index (χ0n) is 18.8. The number of ether oxygens (including phenoxy) is 5. The highest BCUT2D eigenvalue weighted by Gasteiger charge is 2.26. The first-order valence-corrected chi connectivity index (χ1v) is 10.1. The number of benzene rings is 2. The van der Waals surface area contributed by atoms with Crippen LogP contribution < -0.4 is 29.0 Å². The van der Waals surface area contributed by atoms with Crippen LogP contribution in [0.4, 0.5) is 0 Å². The molecule has 32 heavy (non-hydrogen) atoms. The van der Waals surface area contributed by atoms with Crippen LogP contribution in [0.5, 0.6) is 28.7 Å². The van der Waals surface area contributed by atoms with Gasteiger partial charge in [0.15, 0.2) is 23.0 Å². The zero-order chi connectivity index (χ0) is 23.3. The van der Waals surface area contributed by atoms with Crippen LogP contribution in [0.3, 0.4) is 0 Å². The normalized spacial score (nSPS) is 13.2. The molecule has 0 atom stereocenters. The van der Waals surface area contributed by atoms with Crippen molar-refractivity contribution in [3.05, 3.63) is 41.5 Å². The summed E-state index contributed by atoms with van der Waals surface area (Å²) in [6.07, 6.45) is 3.62. The molecule has 8 heteroatoms. The summed E-state index contributed by atoms with van der Waals surface area (Å²) in [5.74, 6) is 1.27. The smallest absolute Gasteiger partial charge is 0.308 e. The van der Waals surface area contributed by atoms with E-state index in [9.17, 15) is 9.59 Å². The van der Waals surface area contributed by atoms with Gasteiger partial charge in [-0.15, -0.1) is 0 Å². The maximum Gasteiger partial charge on any atom is 0.308 e. The van der Waals surface area contributed by atoms with E-state index < -0.39 is 5.97 Å². The van der Waals surface area contributed by atoms with E-state index in [0.717, 1.165) is 12.8 Å². The second kappa shape index (κ2) is 10.1. The predicted octanol–water partition coefficient (Wildman–Crippen LogP) is 3.47. The Morgan fingerprint density at radius 3 is 2.00 bits per heavy atom. The van der Waals surface area contributed by atoms with Gasteiger partial charge in [-0.2, -0.15) is 0 Å². The largest absolute Gasteiger partial charge is 0.493 e. The van der Waals surface area contributed by atoms with Crippen LogP contribution >= 0.6 is 0 Å². The van der Waals surface area contributed by atoms with Crippen LogP contribution in [-0.2, 0) is 9.59 Å². The van der Waals surface area contributed by atoms with Crippen molar-refractivity contribution >= 4 is 23.5 Å². The van der Waals surface area contributed by atoms with E-state index in [1.54, 1.807) is 36.4 Å². The van der Waals surface area contributed by atoms with Gasteiger partial charge >= 0.3 is 5.97 Å². The van der Waals surface area contributed by atoms with Crippen LogP contribution in [0.15, 0.2) is 30.3 Å². The van der Waals surface area contributed by atoms with Crippen molar-refractivity contribution in [3.63, 3.8) is 0 Å². The summed E-state index contributed by atoms with van der Waals surface area (Å²) in [6.45, 7) is 1.31. The van der Waals surface area contributed by atoms with E-state index in [2.05, 4.69) is 5.32 Å². The number of rotatable bonds is 9. The molecule has 0 radical (unpaired) electrons. The third kappa shape index (κ3) is 5.32. The lowest BCUT2D eigenvalue weighted by atomic mass is 10.0. The lowest BCUT2D eigenvalue weighted by Crippen LogP contribution is -2.26. The summed E-state index contributed by atoms with van der Waals surface area (Å²) in [5, 5.41) is 3.02. The summed E-state index contributed by atoms with van der Waals surface area (Å²) in [7, 11) is 6.04. The van der Waals surface area contributed by atoms with Crippen LogP contribution in [0.2, 0.25) is 0 Å². The Morgan fingerprint density at radius 1 is 0.875 bits per heavy atom. The van der Waals surface area contributed by atoms with E-state index in [1.165, 1.54) is 35.4 Å². The second-order valence-corrected chi connectivity index (χ2v) is 7.22. The van der Waals surface area contributed by atoms with Crippen LogP contribution in [0.25, 0.3) is 11.6 Å². The predicted molar refractivity (Wildman–Crippen MR) is 119 cm³/mol. The molecule has 1 N–H and O–H groups in total. The van der Waals surface area contributed by atoms with Gasteiger partial charge in [-0.3, -0.25) is 9.59 Å². The molecule has 8 nitrogen and oxygen atoms in total. The number of hydrogen-bond donors (Lipinski definition) is 1. The van der Waals surface area contributed by atoms with Gasteiger partial charge in [0, 0.05) is 18.5 Å². The van der Waals surface area contributed by atoms with Crippen LogP contribution in [0.1, 0.15) is 30.9 Å². The Labute approximate surface area is 187 Å². The molecular formula is C24H27NO7. The molecule has 0 aliphatic heterocycles. The third-order valence-corrected chi connectivity index (χ3v) is 4.89. The number of amides is 1. The van der Waals surface area contributed by atoms with Gasteiger partial charge in [-0.05, 0) is 54.3 Å². The summed E-state index contributed by atoms with van der Waals surface area (Å²) < 4.78 is 26.8. The number of carbonyl (C=O) groups excluding carboxylic acids is 2. The Bertz CT molecular complexity index is 1020. The number of esters is 1. The molecule has 1 amide bonds. The standard InChI is InChI=1S/C24H27NO7/c1-14(26)32-20-11-15(6-9-19(20)28-2)10-18(24(27)25-17-7-8-17)16-12-21(29-3)23(31-5)22(13-16)30-4/h6,9-13,17H,7-8H2,1-5H3,(H,25,27)/b18-10+. The van der Waals surface area contributed by atoms with Crippen molar-refractivity contribution < 1.29 is 33.3 Å². The number of methoxy groups -OCH3 is 4. The summed E-state index contributed by atoms with van der Waals surface area (Å²) in [4.78, 5) is 24.6. The number of hydrogen-bond acceptors (Lipinski definition) is 7. The lowest BCUT2D eigenvalue weighted by molar-refractivity contribution is -0.132. The first kappa shape index (κ1) is 23.0. The van der Waals surface area contributed by atoms with Crippen molar-refractivity contribution in [1.82, 2.24) is 5.32 Å². The van der Waals surface area contributed by atoms with Gasteiger partial charge in [-0.1, -0.05) is 6.07 Å². The quantitative estimate of drug-likeness (QED) is 0.276. The topological polar surface area (TPSA) is 92.3 Å². The molecule has 0 saturated heterocycles. The van der Waals surface area contributed by atoms with Gasteiger partial charge in [0.05, 0.1) is 28.4 Å². The average molecular weight is 441 g/mol. The number of nitrogens with one attached hydrogen (secondary N) is 1. The fourth-order valence-corrected chi connectivity index (χ4v) is 3.19. The van der Waals surface area contributed by atoms with Crippen molar-refractivity contribution in [2.24, 2.45) is 0 Å². The van der Waals surface area contributed by atoms with Crippen molar-refractivity contribution in [3.8, 4) is 28.7 Å². The summed E-state index contributed by atoms with van der Waals surface area (Å²) in [5.41, 5.74) is 1.63. The molecule has 1 saturated carbocycles. The molecule has 1 aliphatic rings. The van der Waals surface area contributed by atoms with Crippen molar-refractivity contribution in [1.29, 1.82) is 0 Å². The Kier molecular flexibility index (Phi) is 7.25. The second-order valence-electron chi connectivity index (χ2n) is 7.22. The van der Waals surface area contributed by atoms with Crippen LogP contribution in [-0.4, -0.2) is 46.4 Å². The molecule has 1 aliphatic carbocycles. The third-order valence-electron chi connectivity index (χ3n) is 4.89. The molecule has 0 spiro atoms. The minimum Gasteiger partial charge on any atom is -0.493 e. The highest BCUT2D eigenvalue weighted by molar-refractivity contribution is 6.24. The van der Waals surface area contributed by atoms with Gasteiger partial charge in [0.2, 0.25) is 5.75 Å². The SMILES string of the molecule is COc1ccc(/C=C(/C(=O)NC2CC2)c2cc(OC)c(OC)c(OC)c2)cc1OC(C)=O. The molecule has 1 fully saturated rings. The first-order valence-electron chi connectivity index (χ1n) is 10.1. The fourth-order valence-electron chi connectivity index (χ4n) is 3.19. The molecular weight excluding hydrogens is 414 g/mol. The molecule has 2 aromatic carbocycles. The van der Waals surface area contributed by atoms with E-state index in [4.69, 9.17) is 23.7 Å². The summed E-state index contributed by atoms with van der Waals surface area (Å²) >= 11 is 0. The van der Waals surface area contributed by atoms with Gasteiger partial charge in [-0.25, -0.2) is 0 Å². The molecule has 2 aromatic rings. The van der Waals surface area contributed by atoms with Gasteiger partial charge in [0.25, 0.3) is 5.91 Å². The Hall–Kier alpha value is -3.68. The first-order chi connectivity index (χ1) is 15.4. The maximum atomic E-state index is 13.1. The highest BCUT2D eigenvalue weighted by atomic mass is 16.6. The van der Waals surface area contributed by atoms with E-state index in [-0.39, 0.29) is 17.7 Å². The molecule has 3 rings (SSSR count). The van der Waals surface area contributed by atoms with E-state index in [1.807, 2.05) is 0 Å².